The first kappa shape index (κ1) is 35.3. The number of benzene rings is 1. The van der Waals surface area contributed by atoms with Crippen molar-refractivity contribution in [3.05, 3.63) is 70.8 Å². The first-order chi connectivity index (χ1) is 23.4. The molecule has 2 aromatic heterocycles. The second kappa shape index (κ2) is 15.5. The summed E-state index contributed by atoms with van der Waals surface area (Å²) >= 11 is 0. The van der Waals surface area contributed by atoms with Crippen molar-refractivity contribution in [2.45, 2.75) is 78.9 Å². The minimum absolute atomic E-state index is 0.0451. The molecular formula is C38H47N7O4. The number of ether oxygens (including phenoxy) is 1. The maximum absolute atomic E-state index is 13.5. The number of hydrogen-bond acceptors (Lipinski definition) is 6. The van der Waals surface area contributed by atoms with E-state index in [2.05, 4.69) is 76.6 Å². The van der Waals surface area contributed by atoms with Crippen molar-refractivity contribution < 1.29 is 19.1 Å². The van der Waals surface area contributed by atoms with Crippen LogP contribution < -0.4 is 5.32 Å². The van der Waals surface area contributed by atoms with Crippen molar-refractivity contribution in [1.29, 1.82) is 0 Å². The number of carbonyl (C=O) groups excluding carboxylic acids is 3. The lowest BCUT2D eigenvalue weighted by atomic mass is 10.0. The van der Waals surface area contributed by atoms with E-state index in [-0.39, 0.29) is 35.7 Å². The number of imidazole rings is 2. The molecule has 0 aliphatic carbocycles. The molecule has 0 unspecified atom stereocenters. The second-order valence-corrected chi connectivity index (χ2v) is 14.1. The average molecular weight is 666 g/mol. The van der Waals surface area contributed by atoms with E-state index in [0.717, 1.165) is 36.3 Å². The minimum Gasteiger partial charge on any atom is -0.453 e. The van der Waals surface area contributed by atoms with Gasteiger partial charge in [0.05, 0.1) is 31.6 Å². The molecule has 0 saturated carbocycles. The van der Waals surface area contributed by atoms with Gasteiger partial charge < -0.3 is 29.8 Å². The van der Waals surface area contributed by atoms with Gasteiger partial charge in [0.2, 0.25) is 11.8 Å². The third-order valence-corrected chi connectivity index (χ3v) is 8.99. The molecule has 0 spiro atoms. The molecule has 2 aliphatic heterocycles. The summed E-state index contributed by atoms with van der Waals surface area (Å²) in [5, 5.41) is 2.69. The largest absolute Gasteiger partial charge is 0.453 e. The van der Waals surface area contributed by atoms with Crippen molar-refractivity contribution in [3.63, 3.8) is 0 Å². The van der Waals surface area contributed by atoms with E-state index in [9.17, 15) is 14.4 Å². The fraction of sp³-hybridized carbons (Fsp3) is 0.500. The van der Waals surface area contributed by atoms with Gasteiger partial charge in [0.25, 0.3) is 0 Å². The van der Waals surface area contributed by atoms with E-state index in [1.54, 1.807) is 17.3 Å². The van der Waals surface area contributed by atoms with Gasteiger partial charge in [0.1, 0.15) is 29.1 Å². The molecule has 3 N–H and O–H groups in total. The van der Waals surface area contributed by atoms with Crippen LogP contribution >= 0.6 is 0 Å². The third-order valence-electron chi connectivity index (χ3n) is 8.99. The number of amides is 3. The Morgan fingerprint density at radius 2 is 1.33 bits per heavy atom. The number of aromatic nitrogens is 4. The Kier molecular flexibility index (Phi) is 11.1. The Balaban J connectivity index is 1.22. The van der Waals surface area contributed by atoms with E-state index in [0.29, 0.717) is 42.0 Å². The number of aromatic amines is 2. The van der Waals surface area contributed by atoms with Crippen LogP contribution in [0.25, 0.3) is 0 Å². The molecule has 5 atom stereocenters. The molecule has 1 aromatic carbocycles. The second-order valence-electron chi connectivity index (χ2n) is 14.1. The Morgan fingerprint density at radius 1 is 0.837 bits per heavy atom. The lowest BCUT2D eigenvalue weighted by Crippen LogP contribution is -2.51. The topological polar surface area (TPSA) is 136 Å². The van der Waals surface area contributed by atoms with Crippen molar-refractivity contribution in [2.75, 3.05) is 20.2 Å². The molecule has 4 heterocycles. The highest BCUT2D eigenvalue weighted by molar-refractivity contribution is 5.86. The normalized spacial score (nSPS) is 20.8. The molecule has 0 bridgehead atoms. The zero-order valence-electron chi connectivity index (χ0n) is 29.5. The maximum atomic E-state index is 13.5. The first-order valence-electron chi connectivity index (χ1n) is 17.1. The molecule has 11 nitrogen and oxygen atoms in total. The number of carbonyl (C=O) groups is 3. The van der Waals surface area contributed by atoms with Gasteiger partial charge >= 0.3 is 6.09 Å². The van der Waals surface area contributed by atoms with Crippen LogP contribution in [0.1, 0.15) is 107 Å². The van der Waals surface area contributed by atoms with Gasteiger partial charge in [-0.3, -0.25) is 9.59 Å². The first-order valence-corrected chi connectivity index (χ1v) is 17.1. The number of rotatable bonds is 7. The third kappa shape index (κ3) is 8.72. The fourth-order valence-corrected chi connectivity index (χ4v) is 6.53. The lowest BCUT2D eigenvalue weighted by Gasteiger charge is -2.30. The number of H-pyrrole nitrogens is 2. The number of hydrogen-bond donors (Lipinski definition) is 3. The molecule has 0 radical (unpaired) electrons. The van der Waals surface area contributed by atoms with Gasteiger partial charge in [-0.2, -0.15) is 0 Å². The summed E-state index contributed by atoms with van der Waals surface area (Å²) in [6.07, 6.45) is 4.98. The van der Waals surface area contributed by atoms with Gasteiger partial charge in [-0.25, -0.2) is 14.8 Å². The zero-order valence-corrected chi connectivity index (χ0v) is 29.5. The van der Waals surface area contributed by atoms with Crippen molar-refractivity contribution in [1.82, 2.24) is 35.1 Å². The van der Waals surface area contributed by atoms with E-state index in [1.807, 2.05) is 43.0 Å². The number of nitrogens with one attached hydrogen (secondary N) is 3. The van der Waals surface area contributed by atoms with Gasteiger partial charge in [-0.15, -0.1) is 0 Å². The summed E-state index contributed by atoms with van der Waals surface area (Å²) in [6.45, 7) is 13.5. The average Bonchev–Trinajstić information content (AvgIpc) is 3.87. The molecule has 11 heteroatoms. The molecule has 3 aromatic rings. The number of likely N-dealkylation sites (tertiary alicyclic amines) is 2. The Hall–Kier alpha value is -5.03. The van der Waals surface area contributed by atoms with E-state index in [4.69, 9.17) is 4.74 Å². The number of alkyl carbamates (subject to hydrolysis) is 1. The monoisotopic (exact) mass is 665 g/mol. The molecule has 258 valence electrons. The number of methoxy groups -OCH3 is 1. The summed E-state index contributed by atoms with van der Waals surface area (Å²) < 4.78 is 4.74. The van der Waals surface area contributed by atoms with Gasteiger partial charge in [-0.05, 0) is 72.6 Å². The Labute approximate surface area is 289 Å². The van der Waals surface area contributed by atoms with Crippen LogP contribution in [0.5, 0.6) is 0 Å². The fourth-order valence-electron chi connectivity index (χ4n) is 6.53. The highest BCUT2D eigenvalue weighted by Crippen LogP contribution is 2.36. The minimum atomic E-state index is -0.697. The Morgan fingerprint density at radius 3 is 1.80 bits per heavy atom. The van der Waals surface area contributed by atoms with Crippen LogP contribution in [0.4, 0.5) is 4.79 Å². The number of nitrogens with zero attached hydrogens (tertiary/aromatic N) is 4. The molecule has 2 saturated heterocycles. The van der Waals surface area contributed by atoms with E-state index in [1.165, 1.54) is 7.11 Å². The summed E-state index contributed by atoms with van der Waals surface area (Å²) in [4.78, 5) is 57.8. The maximum Gasteiger partial charge on any atom is 0.407 e. The quantitative estimate of drug-likeness (QED) is 0.298. The summed E-state index contributed by atoms with van der Waals surface area (Å²) in [5.41, 5.74) is 3.03. The van der Waals surface area contributed by atoms with Crippen molar-refractivity contribution in [2.24, 2.45) is 23.7 Å². The molecule has 49 heavy (non-hydrogen) atoms. The SMILES string of the molecule is COC(=O)N[C@H](C(=O)N1C[C@@H](C)C[C@H]1c1ncc(C#Cc2ccc(C#Cc3cnc([C@@H]4C[C@H](C)CN4C(=O)CC(C)C)[nH]3)cc2)[nH]1)C(C)C. The highest BCUT2D eigenvalue weighted by atomic mass is 16.5. The smallest absolute Gasteiger partial charge is 0.407 e. The predicted molar refractivity (Wildman–Crippen MR) is 186 cm³/mol. The van der Waals surface area contributed by atoms with Crippen LogP contribution in [-0.4, -0.2) is 73.9 Å². The molecule has 2 fully saturated rings. The molecule has 3 amide bonds. The van der Waals surface area contributed by atoms with E-state index >= 15 is 0 Å². The van der Waals surface area contributed by atoms with Gasteiger partial charge in [-0.1, -0.05) is 53.4 Å². The predicted octanol–water partition coefficient (Wildman–Crippen LogP) is 5.18. The van der Waals surface area contributed by atoms with Crippen LogP contribution in [0.15, 0.2) is 36.7 Å². The van der Waals surface area contributed by atoms with Crippen LogP contribution in [0, 0.1) is 47.4 Å². The lowest BCUT2D eigenvalue weighted by molar-refractivity contribution is -0.135. The summed E-state index contributed by atoms with van der Waals surface area (Å²) in [7, 11) is 1.29. The summed E-state index contributed by atoms with van der Waals surface area (Å²) in [5.74, 6) is 15.1. The molecule has 2 aliphatic rings. The van der Waals surface area contributed by atoms with E-state index < -0.39 is 12.1 Å². The molecule has 5 rings (SSSR count). The van der Waals surface area contributed by atoms with Crippen LogP contribution in [-0.2, 0) is 14.3 Å². The van der Waals surface area contributed by atoms with Gasteiger partial charge in [0.15, 0.2) is 0 Å². The zero-order chi connectivity index (χ0) is 35.2. The highest BCUT2D eigenvalue weighted by Gasteiger charge is 2.40. The Bertz CT molecular complexity index is 1770. The standard InChI is InChI=1S/C38H47N7O4/c1-23(2)16-33(46)44-21-25(5)17-31(44)35-39-19-29(41-35)14-12-27-8-10-28(11-9-27)13-15-30-20-40-36(42-30)32-18-26(6)22-45(32)37(47)34(24(3)4)43-38(48)49-7/h8-11,19-20,23-26,31-32,34H,16-18,21-22H2,1-7H3,(H,39,41)(H,40,42)(H,43,48)/t25-,26-,31-,32-,34-/m0/s1. The van der Waals surface area contributed by atoms with Crippen LogP contribution in [0.2, 0.25) is 0 Å². The van der Waals surface area contributed by atoms with Gasteiger partial charge in [0, 0.05) is 30.6 Å². The van der Waals surface area contributed by atoms with Crippen LogP contribution in [0.3, 0.4) is 0 Å². The van der Waals surface area contributed by atoms with Crippen molar-refractivity contribution in [3.8, 4) is 23.7 Å². The molecular weight excluding hydrogens is 618 g/mol. The van der Waals surface area contributed by atoms with Crippen molar-refractivity contribution >= 4 is 17.9 Å². The summed E-state index contributed by atoms with van der Waals surface area (Å²) in [6, 6.07) is 6.71.